The molecule has 0 atom stereocenters. The Bertz CT molecular complexity index is 539. The molecule has 1 heterocycles. The predicted octanol–water partition coefficient (Wildman–Crippen LogP) is 1.15. The van der Waals surface area contributed by atoms with Crippen LogP contribution in [0.2, 0.25) is 0 Å². The standard InChI is InChI=1S/C10H10BrN5O/c1-16-10(13-14-15-16)12-9(17)6-7-4-2-3-5-8(7)11/h2-5H,6H2,1H3,(H,12,13,15,17). The van der Waals surface area contributed by atoms with Gasteiger partial charge in [-0.15, -0.1) is 0 Å². The molecule has 0 aliphatic rings. The Labute approximate surface area is 106 Å². The molecule has 88 valence electrons. The zero-order chi connectivity index (χ0) is 12.3. The molecular formula is C10H10BrN5O. The molecule has 2 rings (SSSR count). The van der Waals surface area contributed by atoms with Gasteiger partial charge in [0.15, 0.2) is 0 Å². The van der Waals surface area contributed by atoms with Gasteiger partial charge in [0.1, 0.15) is 0 Å². The van der Waals surface area contributed by atoms with E-state index < -0.39 is 0 Å². The molecular weight excluding hydrogens is 286 g/mol. The van der Waals surface area contributed by atoms with Gasteiger partial charge < -0.3 is 0 Å². The number of amides is 1. The number of aryl methyl sites for hydroxylation is 1. The van der Waals surface area contributed by atoms with Gasteiger partial charge >= 0.3 is 0 Å². The fourth-order valence-electron chi connectivity index (χ4n) is 1.32. The summed E-state index contributed by atoms with van der Waals surface area (Å²) in [6, 6.07) is 7.57. The van der Waals surface area contributed by atoms with E-state index in [1.54, 1.807) is 7.05 Å². The van der Waals surface area contributed by atoms with E-state index >= 15 is 0 Å². The molecule has 1 aromatic carbocycles. The average molecular weight is 296 g/mol. The SMILES string of the molecule is Cn1nnnc1NC(=O)Cc1ccccc1Br. The number of tetrazole rings is 1. The number of hydrogen-bond donors (Lipinski definition) is 1. The van der Waals surface area contributed by atoms with Gasteiger partial charge in [-0.25, -0.2) is 4.68 Å². The third-order valence-corrected chi connectivity index (χ3v) is 2.95. The van der Waals surface area contributed by atoms with Crippen molar-refractivity contribution < 1.29 is 4.79 Å². The zero-order valence-corrected chi connectivity index (χ0v) is 10.7. The summed E-state index contributed by atoms with van der Waals surface area (Å²) in [6.07, 6.45) is 0.272. The van der Waals surface area contributed by atoms with E-state index in [0.29, 0.717) is 5.95 Å². The van der Waals surface area contributed by atoms with Crippen LogP contribution in [0.1, 0.15) is 5.56 Å². The molecule has 0 unspecified atom stereocenters. The van der Waals surface area contributed by atoms with Crippen LogP contribution in [0.5, 0.6) is 0 Å². The fourth-order valence-corrected chi connectivity index (χ4v) is 1.74. The molecule has 0 saturated heterocycles. The molecule has 17 heavy (non-hydrogen) atoms. The zero-order valence-electron chi connectivity index (χ0n) is 9.09. The molecule has 2 aromatic rings. The van der Waals surface area contributed by atoms with Crippen molar-refractivity contribution in [1.29, 1.82) is 0 Å². The average Bonchev–Trinajstić information content (AvgIpc) is 2.68. The third kappa shape index (κ3) is 2.88. The molecule has 1 amide bonds. The lowest BCUT2D eigenvalue weighted by atomic mass is 10.1. The number of carbonyl (C=O) groups is 1. The van der Waals surface area contributed by atoms with Crippen molar-refractivity contribution in [2.45, 2.75) is 6.42 Å². The predicted molar refractivity (Wildman–Crippen MR) is 65.3 cm³/mol. The van der Waals surface area contributed by atoms with Gasteiger partial charge in [-0.1, -0.05) is 39.2 Å². The first kappa shape index (κ1) is 11.7. The number of aromatic nitrogens is 4. The van der Waals surface area contributed by atoms with E-state index in [4.69, 9.17) is 0 Å². The van der Waals surface area contributed by atoms with Gasteiger partial charge in [0.2, 0.25) is 11.9 Å². The van der Waals surface area contributed by atoms with Crippen molar-refractivity contribution in [3.63, 3.8) is 0 Å². The minimum atomic E-state index is -0.158. The summed E-state index contributed by atoms with van der Waals surface area (Å²) in [4.78, 5) is 11.7. The monoisotopic (exact) mass is 295 g/mol. The van der Waals surface area contributed by atoms with Crippen LogP contribution in [0, 0.1) is 0 Å². The Hall–Kier alpha value is -1.76. The molecule has 0 aliphatic heterocycles. The van der Waals surface area contributed by atoms with Crippen molar-refractivity contribution in [2.75, 3.05) is 5.32 Å². The number of rotatable bonds is 3. The lowest BCUT2D eigenvalue weighted by molar-refractivity contribution is -0.115. The third-order valence-electron chi connectivity index (χ3n) is 2.18. The van der Waals surface area contributed by atoms with E-state index in [2.05, 4.69) is 36.8 Å². The second-order valence-corrected chi connectivity index (χ2v) is 4.30. The highest BCUT2D eigenvalue weighted by molar-refractivity contribution is 9.10. The van der Waals surface area contributed by atoms with Crippen LogP contribution in [0.15, 0.2) is 28.7 Å². The first-order chi connectivity index (χ1) is 8.16. The Kier molecular flexibility index (Phi) is 3.48. The molecule has 0 fully saturated rings. The highest BCUT2D eigenvalue weighted by atomic mass is 79.9. The quantitative estimate of drug-likeness (QED) is 0.922. The number of benzene rings is 1. The van der Waals surface area contributed by atoms with E-state index in [1.165, 1.54) is 4.68 Å². The molecule has 1 aromatic heterocycles. The van der Waals surface area contributed by atoms with Gasteiger partial charge in [-0.05, 0) is 22.1 Å². The van der Waals surface area contributed by atoms with E-state index in [9.17, 15) is 4.79 Å². The van der Waals surface area contributed by atoms with Crippen LogP contribution < -0.4 is 5.32 Å². The summed E-state index contributed by atoms with van der Waals surface area (Å²) in [6.45, 7) is 0. The van der Waals surface area contributed by atoms with Crippen LogP contribution in [0.4, 0.5) is 5.95 Å². The second-order valence-electron chi connectivity index (χ2n) is 3.44. The van der Waals surface area contributed by atoms with Gasteiger partial charge in [-0.3, -0.25) is 10.1 Å². The Balaban J connectivity index is 2.03. The van der Waals surface area contributed by atoms with E-state index in [1.807, 2.05) is 24.3 Å². The topological polar surface area (TPSA) is 72.7 Å². The number of hydrogen-bond acceptors (Lipinski definition) is 4. The van der Waals surface area contributed by atoms with Crippen LogP contribution in [0.3, 0.4) is 0 Å². The molecule has 0 aliphatic carbocycles. The van der Waals surface area contributed by atoms with E-state index in [0.717, 1.165) is 10.0 Å². The molecule has 0 saturated carbocycles. The molecule has 0 spiro atoms. The maximum Gasteiger partial charge on any atom is 0.249 e. The Morgan fingerprint density at radius 2 is 2.24 bits per heavy atom. The highest BCUT2D eigenvalue weighted by Gasteiger charge is 2.09. The molecule has 0 bridgehead atoms. The van der Waals surface area contributed by atoms with Crippen molar-refractivity contribution in [3.8, 4) is 0 Å². The normalized spacial score (nSPS) is 10.2. The second kappa shape index (κ2) is 5.05. The molecule has 7 heteroatoms. The summed E-state index contributed by atoms with van der Waals surface area (Å²) in [5, 5.41) is 13.4. The molecule has 1 N–H and O–H groups in total. The molecule has 0 radical (unpaired) electrons. The summed E-state index contributed by atoms with van der Waals surface area (Å²) < 4.78 is 2.31. The minimum Gasteiger partial charge on any atom is -0.293 e. The Morgan fingerprint density at radius 3 is 2.88 bits per heavy atom. The van der Waals surface area contributed by atoms with Gasteiger partial charge in [0, 0.05) is 11.5 Å². The summed E-state index contributed by atoms with van der Waals surface area (Å²) in [7, 11) is 1.66. The largest absolute Gasteiger partial charge is 0.293 e. The van der Waals surface area contributed by atoms with Crippen molar-refractivity contribution in [2.24, 2.45) is 7.05 Å². The lowest BCUT2D eigenvalue weighted by Crippen LogP contribution is -2.17. The maximum absolute atomic E-state index is 11.7. The Morgan fingerprint density at radius 1 is 1.47 bits per heavy atom. The summed E-state index contributed by atoms with van der Waals surface area (Å²) >= 11 is 3.39. The minimum absolute atomic E-state index is 0.158. The van der Waals surface area contributed by atoms with Gasteiger partial charge in [0.05, 0.1) is 6.42 Å². The molecule has 6 nitrogen and oxygen atoms in total. The summed E-state index contributed by atoms with van der Waals surface area (Å²) in [5.74, 6) is 0.178. The lowest BCUT2D eigenvalue weighted by Gasteiger charge is -2.04. The van der Waals surface area contributed by atoms with Crippen molar-refractivity contribution >= 4 is 27.8 Å². The first-order valence-electron chi connectivity index (χ1n) is 4.92. The number of carbonyl (C=O) groups excluding carboxylic acids is 1. The van der Waals surface area contributed by atoms with Gasteiger partial charge in [-0.2, -0.15) is 0 Å². The van der Waals surface area contributed by atoms with E-state index in [-0.39, 0.29) is 12.3 Å². The fraction of sp³-hybridized carbons (Fsp3) is 0.200. The smallest absolute Gasteiger partial charge is 0.249 e. The van der Waals surface area contributed by atoms with Crippen molar-refractivity contribution in [1.82, 2.24) is 20.2 Å². The summed E-state index contributed by atoms with van der Waals surface area (Å²) in [5.41, 5.74) is 0.917. The maximum atomic E-state index is 11.7. The number of nitrogens with zero attached hydrogens (tertiary/aromatic N) is 4. The number of nitrogens with one attached hydrogen (secondary N) is 1. The number of anilines is 1. The van der Waals surface area contributed by atoms with Gasteiger partial charge in [0.25, 0.3) is 0 Å². The van der Waals surface area contributed by atoms with Crippen LogP contribution in [0.25, 0.3) is 0 Å². The number of halogens is 1. The highest BCUT2D eigenvalue weighted by Crippen LogP contribution is 2.16. The van der Waals surface area contributed by atoms with Crippen LogP contribution in [-0.2, 0) is 18.3 Å². The first-order valence-corrected chi connectivity index (χ1v) is 5.71. The van der Waals surface area contributed by atoms with Crippen molar-refractivity contribution in [3.05, 3.63) is 34.3 Å². The van der Waals surface area contributed by atoms with Crippen LogP contribution >= 0.6 is 15.9 Å². The van der Waals surface area contributed by atoms with Crippen LogP contribution in [-0.4, -0.2) is 26.1 Å².